The van der Waals surface area contributed by atoms with E-state index in [2.05, 4.69) is 13.8 Å². The van der Waals surface area contributed by atoms with Crippen molar-refractivity contribution in [1.29, 1.82) is 0 Å². The van der Waals surface area contributed by atoms with Crippen molar-refractivity contribution in [2.24, 2.45) is 0 Å². The Balaban J connectivity index is -0.0000000450. The first kappa shape index (κ1) is 15.7. The quantitative estimate of drug-likeness (QED) is 0.436. The zero-order chi connectivity index (χ0) is 3.41. The zero-order valence-electron chi connectivity index (χ0n) is 5.41. The molecular formula is C4H10Na2. The molecule has 0 nitrogen and oxygen atoms in total. The van der Waals surface area contributed by atoms with Crippen molar-refractivity contribution in [3.05, 3.63) is 0 Å². The molecule has 2 radical (unpaired) electrons. The monoisotopic (exact) mass is 104 g/mol. The van der Waals surface area contributed by atoms with Gasteiger partial charge in [0.2, 0.25) is 0 Å². The van der Waals surface area contributed by atoms with Crippen molar-refractivity contribution >= 4 is 59.1 Å². The summed E-state index contributed by atoms with van der Waals surface area (Å²) in [5.41, 5.74) is 0. The normalized spacial score (nSPS) is 5.00. The third-order valence-corrected chi connectivity index (χ3v) is 0.500. The van der Waals surface area contributed by atoms with Gasteiger partial charge in [0.05, 0.1) is 0 Å². The van der Waals surface area contributed by atoms with Gasteiger partial charge < -0.3 is 0 Å². The van der Waals surface area contributed by atoms with Crippen molar-refractivity contribution in [3.8, 4) is 0 Å². The maximum absolute atomic E-state index is 2.18. The van der Waals surface area contributed by atoms with E-state index in [-0.39, 0.29) is 59.1 Å². The molecule has 0 fully saturated rings. The molecule has 0 N–H and O–H groups in total. The van der Waals surface area contributed by atoms with Gasteiger partial charge >= 0.3 is 0 Å². The molecule has 0 spiro atoms. The largest absolute Gasteiger partial charge is 0.0654 e. The van der Waals surface area contributed by atoms with Gasteiger partial charge in [-0.2, -0.15) is 0 Å². The molecule has 0 unspecified atom stereocenters. The van der Waals surface area contributed by atoms with Crippen LogP contribution >= 0.6 is 0 Å². The maximum atomic E-state index is 2.18. The van der Waals surface area contributed by atoms with E-state index in [4.69, 9.17) is 0 Å². The smallest absolute Gasteiger partial charge is 0 e. The summed E-state index contributed by atoms with van der Waals surface area (Å²) >= 11 is 0. The van der Waals surface area contributed by atoms with Crippen molar-refractivity contribution in [3.63, 3.8) is 0 Å². The molecule has 6 heavy (non-hydrogen) atoms. The summed E-state index contributed by atoms with van der Waals surface area (Å²) in [5.74, 6) is 0. The number of unbranched alkanes of at least 4 members (excludes halogenated alkanes) is 1. The van der Waals surface area contributed by atoms with Crippen molar-refractivity contribution < 1.29 is 0 Å². The standard InChI is InChI=1S/C4H10.2Na/c1-3-4-2;;/h3-4H2,1-2H3;;. The maximum Gasteiger partial charge on any atom is 0 e. The van der Waals surface area contributed by atoms with E-state index in [1.807, 2.05) is 0 Å². The second-order valence-corrected chi connectivity index (χ2v) is 1.000. The second-order valence-electron chi connectivity index (χ2n) is 1.000. The van der Waals surface area contributed by atoms with Gasteiger partial charge in [0.1, 0.15) is 0 Å². The van der Waals surface area contributed by atoms with Crippen LogP contribution in [-0.4, -0.2) is 59.1 Å². The molecule has 0 aromatic heterocycles. The third kappa shape index (κ3) is 16.7. The first-order valence-electron chi connectivity index (χ1n) is 1.91. The Morgan fingerprint density at radius 2 is 1.00 bits per heavy atom. The molecule has 0 saturated heterocycles. The van der Waals surface area contributed by atoms with Crippen LogP contribution in [0.2, 0.25) is 0 Å². The van der Waals surface area contributed by atoms with E-state index in [9.17, 15) is 0 Å². The van der Waals surface area contributed by atoms with Crippen LogP contribution in [0.1, 0.15) is 26.7 Å². The second kappa shape index (κ2) is 15.8. The summed E-state index contributed by atoms with van der Waals surface area (Å²) in [6, 6.07) is 0. The summed E-state index contributed by atoms with van der Waals surface area (Å²) in [6.45, 7) is 4.36. The molecule has 0 bridgehead atoms. The van der Waals surface area contributed by atoms with E-state index in [1.165, 1.54) is 12.8 Å². The average molecular weight is 104 g/mol. The van der Waals surface area contributed by atoms with Gasteiger partial charge in [-0.15, -0.1) is 0 Å². The fourth-order valence-corrected chi connectivity index (χ4v) is 0. The van der Waals surface area contributed by atoms with Gasteiger partial charge in [0, 0.05) is 59.1 Å². The van der Waals surface area contributed by atoms with Crippen molar-refractivity contribution in [1.82, 2.24) is 0 Å². The molecule has 2 heteroatoms. The van der Waals surface area contributed by atoms with Gasteiger partial charge in [0.15, 0.2) is 0 Å². The van der Waals surface area contributed by atoms with Crippen LogP contribution in [0.3, 0.4) is 0 Å². The van der Waals surface area contributed by atoms with E-state index in [0.29, 0.717) is 0 Å². The van der Waals surface area contributed by atoms with Crippen LogP contribution in [0.5, 0.6) is 0 Å². The average Bonchev–Trinajstić information content (AvgIpc) is 1.37. The Morgan fingerprint density at radius 1 is 0.833 bits per heavy atom. The Bertz CT molecular complexity index is 7.51. The predicted molar refractivity (Wildman–Crippen MR) is 32.1 cm³/mol. The Hall–Kier alpha value is 2.00. The SMILES string of the molecule is CCCC.[Na].[Na]. The van der Waals surface area contributed by atoms with E-state index in [0.717, 1.165) is 0 Å². The number of hydrogen-bond donors (Lipinski definition) is 0. The van der Waals surface area contributed by atoms with Gasteiger partial charge in [0.25, 0.3) is 0 Å². The fraction of sp³-hybridized carbons (Fsp3) is 1.00. The minimum atomic E-state index is 0. The first-order valence-corrected chi connectivity index (χ1v) is 1.91. The summed E-state index contributed by atoms with van der Waals surface area (Å²) in [6.07, 6.45) is 2.64. The minimum Gasteiger partial charge on any atom is -0.0654 e. The molecule has 0 aromatic rings. The van der Waals surface area contributed by atoms with Crippen LogP contribution in [0.15, 0.2) is 0 Å². The summed E-state index contributed by atoms with van der Waals surface area (Å²) < 4.78 is 0. The Labute approximate surface area is 84.7 Å². The third-order valence-electron chi connectivity index (χ3n) is 0.500. The van der Waals surface area contributed by atoms with Crippen molar-refractivity contribution in [2.45, 2.75) is 26.7 Å². The van der Waals surface area contributed by atoms with Crippen LogP contribution < -0.4 is 0 Å². The summed E-state index contributed by atoms with van der Waals surface area (Å²) in [5, 5.41) is 0. The minimum absolute atomic E-state index is 0. The molecule has 0 rings (SSSR count). The van der Waals surface area contributed by atoms with Crippen LogP contribution in [-0.2, 0) is 0 Å². The van der Waals surface area contributed by atoms with Crippen LogP contribution in [0, 0.1) is 0 Å². The predicted octanol–water partition coefficient (Wildman–Crippen LogP) is 1.04. The van der Waals surface area contributed by atoms with E-state index in [1.54, 1.807) is 0 Å². The zero-order valence-corrected chi connectivity index (χ0v) is 9.41. The van der Waals surface area contributed by atoms with E-state index < -0.39 is 0 Å². The molecule has 28 valence electrons. The van der Waals surface area contributed by atoms with E-state index >= 15 is 0 Å². The van der Waals surface area contributed by atoms with Gasteiger partial charge in [-0.25, -0.2) is 0 Å². The Kier molecular flexibility index (Phi) is 41.2. The molecule has 0 amide bonds. The molecule has 0 aliphatic rings. The molecule has 0 aliphatic heterocycles. The molecular weight excluding hydrogens is 94.0 g/mol. The Morgan fingerprint density at radius 3 is 1.00 bits per heavy atom. The molecule has 0 heterocycles. The van der Waals surface area contributed by atoms with Crippen molar-refractivity contribution in [2.75, 3.05) is 0 Å². The summed E-state index contributed by atoms with van der Waals surface area (Å²) in [7, 11) is 0. The molecule has 0 saturated carbocycles. The van der Waals surface area contributed by atoms with Crippen LogP contribution in [0.4, 0.5) is 0 Å². The van der Waals surface area contributed by atoms with Crippen LogP contribution in [0.25, 0.3) is 0 Å². The first-order chi connectivity index (χ1) is 1.91. The summed E-state index contributed by atoms with van der Waals surface area (Å²) in [4.78, 5) is 0. The molecule has 0 aromatic carbocycles. The fourth-order valence-electron chi connectivity index (χ4n) is 0. The number of hydrogen-bond acceptors (Lipinski definition) is 0. The molecule has 0 aliphatic carbocycles. The number of rotatable bonds is 1. The molecule has 0 atom stereocenters. The topological polar surface area (TPSA) is 0 Å². The van der Waals surface area contributed by atoms with Gasteiger partial charge in [-0.1, -0.05) is 26.7 Å². The van der Waals surface area contributed by atoms with Gasteiger partial charge in [-0.3, -0.25) is 0 Å². The van der Waals surface area contributed by atoms with Gasteiger partial charge in [-0.05, 0) is 0 Å².